The van der Waals surface area contributed by atoms with Gasteiger partial charge in [0.25, 0.3) is 0 Å². The lowest BCUT2D eigenvalue weighted by atomic mass is 10.0. The molecule has 0 aliphatic rings. The molecule has 40 heavy (non-hydrogen) atoms. The quantitative estimate of drug-likeness (QED) is 0.188. The minimum absolute atomic E-state index is 0.0224. The van der Waals surface area contributed by atoms with Crippen LogP contribution in [0.25, 0.3) is 0 Å². The van der Waals surface area contributed by atoms with Crippen molar-refractivity contribution < 1.29 is 4.79 Å². The van der Waals surface area contributed by atoms with E-state index in [0.717, 1.165) is 34.1 Å². The number of para-hydroxylation sites is 4. The Hall–Kier alpha value is -5.41. The molecule has 0 aliphatic carbocycles. The van der Waals surface area contributed by atoms with Crippen LogP contribution >= 0.6 is 0 Å². The third kappa shape index (κ3) is 5.27. The number of carbonyl (C=O) groups excluding carboxylic acids is 1. The summed E-state index contributed by atoms with van der Waals surface area (Å²) in [6, 6.07) is 56.5. The summed E-state index contributed by atoms with van der Waals surface area (Å²) in [6.07, 6.45) is 0. The summed E-state index contributed by atoms with van der Waals surface area (Å²) in [5.41, 5.74) is 7.24. The van der Waals surface area contributed by atoms with Gasteiger partial charge >= 0.3 is 0 Å². The molecule has 3 nitrogen and oxygen atoms in total. The molecule has 0 aliphatic heterocycles. The number of carbonyl (C=O) groups is 1. The van der Waals surface area contributed by atoms with E-state index in [1.54, 1.807) is 0 Å². The van der Waals surface area contributed by atoms with E-state index in [4.69, 9.17) is 0 Å². The fourth-order valence-corrected chi connectivity index (χ4v) is 4.94. The molecule has 192 valence electrons. The van der Waals surface area contributed by atoms with Gasteiger partial charge in [-0.1, -0.05) is 97.1 Å². The first kappa shape index (κ1) is 24.9. The predicted octanol–water partition coefficient (Wildman–Crippen LogP) is 9.86. The second-order valence-electron chi connectivity index (χ2n) is 9.44. The van der Waals surface area contributed by atoms with Gasteiger partial charge in [-0.3, -0.25) is 4.79 Å². The summed E-state index contributed by atoms with van der Waals surface area (Å²) in [4.78, 5) is 18.2. The van der Waals surface area contributed by atoms with Crippen molar-refractivity contribution in [3.63, 3.8) is 0 Å². The van der Waals surface area contributed by atoms with E-state index in [1.807, 2.05) is 121 Å². The molecular formula is C37H28N2O. The normalized spacial score (nSPS) is 10.6. The monoisotopic (exact) mass is 516 g/mol. The number of hydrogen-bond donors (Lipinski definition) is 0. The summed E-state index contributed by atoms with van der Waals surface area (Å²) in [7, 11) is 0. The predicted molar refractivity (Wildman–Crippen MR) is 166 cm³/mol. The lowest BCUT2D eigenvalue weighted by molar-refractivity contribution is 0.103. The van der Waals surface area contributed by atoms with Crippen LogP contribution in [-0.4, -0.2) is 5.78 Å². The van der Waals surface area contributed by atoms with Crippen LogP contribution in [0.5, 0.6) is 0 Å². The van der Waals surface area contributed by atoms with Crippen LogP contribution in [0.3, 0.4) is 0 Å². The number of ketones is 1. The Morgan fingerprint density at radius 2 is 0.600 bits per heavy atom. The van der Waals surface area contributed by atoms with Crippen LogP contribution < -0.4 is 9.80 Å². The van der Waals surface area contributed by atoms with E-state index in [2.05, 4.69) is 58.3 Å². The minimum atomic E-state index is -0.0224. The molecule has 0 aromatic heterocycles. The first-order chi connectivity index (χ1) is 19.8. The van der Waals surface area contributed by atoms with Crippen LogP contribution in [0.2, 0.25) is 0 Å². The Balaban J connectivity index is 1.38. The van der Waals surface area contributed by atoms with E-state index in [-0.39, 0.29) is 5.78 Å². The Bertz CT molecular complexity index is 1490. The summed E-state index contributed by atoms with van der Waals surface area (Å²) < 4.78 is 0. The fourth-order valence-electron chi connectivity index (χ4n) is 4.94. The number of nitrogens with zero attached hydrogens (tertiary/aromatic N) is 2. The van der Waals surface area contributed by atoms with Gasteiger partial charge in [-0.2, -0.15) is 0 Å². The van der Waals surface area contributed by atoms with Crippen molar-refractivity contribution >= 4 is 39.9 Å². The Kier molecular flexibility index (Phi) is 7.19. The second kappa shape index (κ2) is 11.5. The largest absolute Gasteiger partial charge is 0.310 e. The number of rotatable bonds is 8. The van der Waals surface area contributed by atoms with E-state index in [9.17, 15) is 4.79 Å². The first-order valence-corrected chi connectivity index (χ1v) is 13.3. The fraction of sp³-hybridized carbons (Fsp3) is 0. The van der Waals surface area contributed by atoms with Crippen LogP contribution in [0.1, 0.15) is 15.9 Å². The molecule has 0 bridgehead atoms. The molecule has 0 amide bonds. The van der Waals surface area contributed by atoms with Crippen molar-refractivity contribution in [2.24, 2.45) is 0 Å². The molecule has 0 unspecified atom stereocenters. The Labute approximate surface area is 235 Å². The molecule has 0 radical (unpaired) electrons. The van der Waals surface area contributed by atoms with Gasteiger partial charge in [-0.05, 0) is 72.8 Å². The molecule has 0 heterocycles. The van der Waals surface area contributed by atoms with Crippen molar-refractivity contribution in [1.82, 2.24) is 0 Å². The van der Waals surface area contributed by atoms with E-state index in [0.29, 0.717) is 11.1 Å². The minimum Gasteiger partial charge on any atom is -0.310 e. The van der Waals surface area contributed by atoms with Gasteiger partial charge in [0.1, 0.15) is 0 Å². The third-order valence-corrected chi connectivity index (χ3v) is 6.79. The molecule has 0 atom stereocenters. The maximum atomic E-state index is 13.9. The second-order valence-corrected chi connectivity index (χ2v) is 9.44. The van der Waals surface area contributed by atoms with Gasteiger partial charge in [0.15, 0.2) is 5.78 Å². The highest BCUT2D eigenvalue weighted by atomic mass is 16.1. The van der Waals surface area contributed by atoms with E-state index in [1.165, 1.54) is 0 Å². The van der Waals surface area contributed by atoms with Gasteiger partial charge in [-0.25, -0.2) is 0 Å². The van der Waals surface area contributed by atoms with Crippen molar-refractivity contribution in [3.8, 4) is 0 Å². The van der Waals surface area contributed by atoms with E-state index >= 15 is 0 Å². The summed E-state index contributed by atoms with van der Waals surface area (Å²) >= 11 is 0. The van der Waals surface area contributed by atoms with Crippen molar-refractivity contribution in [3.05, 3.63) is 181 Å². The summed E-state index contributed by atoms with van der Waals surface area (Å²) in [6.45, 7) is 0. The number of hydrogen-bond acceptors (Lipinski definition) is 3. The lowest BCUT2D eigenvalue weighted by Gasteiger charge is -2.26. The molecule has 6 rings (SSSR count). The molecule has 0 saturated heterocycles. The van der Waals surface area contributed by atoms with Gasteiger partial charge in [0.05, 0.1) is 0 Å². The topological polar surface area (TPSA) is 23.6 Å². The van der Waals surface area contributed by atoms with E-state index < -0.39 is 0 Å². The van der Waals surface area contributed by atoms with Crippen molar-refractivity contribution in [2.45, 2.75) is 0 Å². The molecule has 6 aromatic carbocycles. The van der Waals surface area contributed by atoms with Crippen molar-refractivity contribution in [1.29, 1.82) is 0 Å². The third-order valence-electron chi connectivity index (χ3n) is 6.79. The van der Waals surface area contributed by atoms with Gasteiger partial charge in [-0.15, -0.1) is 0 Å². The summed E-state index contributed by atoms with van der Waals surface area (Å²) in [5.74, 6) is -0.0224. The van der Waals surface area contributed by atoms with Gasteiger partial charge in [0, 0.05) is 45.3 Å². The standard InChI is InChI=1S/C37H28N2O/c40-37(29-15-13-25-35(27-29)38(31-17-5-1-6-18-31)32-19-7-2-8-20-32)30-16-14-26-36(28-30)39(33-21-9-3-10-22-33)34-23-11-4-12-24-34/h1-28H. The average Bonchev–Trinajstić information content (AvgIpc) is 3.03. The number of anilines is 6. The Morgan fingerprint density at radius 1 is 0.325 bits per heavy atom. The van der Waals surface area contributed by atoms with Gasteiger partial charge in [0.2, 0.25) is 0 Å². The number of benzene rings is 6. The molecule has 3 heteroatoms. The van der Waals surface area contributed by atoms with Gasteiger partial charge < -0.3 is 9.80 Å². The highest BCUT2D eigenvalue weighted by Gasteiger charge is 2.18. The maximum absolute atomic E-state index is 13.9. The zero-order valence-corrected chi connectivity index (χ0v) is 22.0. The van der Waals surface area contributed by atoms with Crippen LogP contribution in [0, 0.1) is 0 Å². The Morgan fingerprint density at radius 3 is 0.900 bits per heavy atom. The molecule has 6 aromatic rings. The first-order valence-electron chi connectivity index (χ1n) is 13.3. The highest BCUT2D eigenvalue weighted by molar-refractivity contribution is 6.10. The maximum Gasteiger partial charge on any atom is 0.193 e. The zero-order chi connectivity index (χ0) is 27.1. The van der Waals surface area contributed by atoms with Crippen molar-refractivity contribution in [2.75, 3.05) is 9.80 Å². The smallest absolute Gasteiger partial charge is 0.193 e. The van der Waals surface area contributed by atoms with Crippen LogP contribution in [0.15, 0.2) is 170 Å². The van der Waals surface area contributed by atoms with Crippen LogP contribution in [-0.2, 0) is 0 Å². The lowest BCUT2D eigenvalue weighted by Crippen LogP contribution is -2.12. The average molecular weight is 517 g/mol. The molecule has 0 N–H and O–H groups in total. The molecule has 0 spiro atoms. The van der Waals surface area contributed by atoms with Crippen LogP contribution in [0.4, 0.5) is 34.1 Å². The molecular weight excluding hydrogens is 488 g/mol. The summed E-state index contributed by atoms with van der Waals surface area (Å²) in [5, 5.41) is 0. The zero-order valence-electron chi connectivity index (χ0n) is 22.0. The molecule has 0 fully saturated rings. The molecule has 0 saturated carbocycles. The SMILES string of the molecule is O=C(c1cccc(N(c2ccccc2)c2ccccc2)c1)c1cccc(N(c2ccccc2)c2ccccc2)c1. The highest BCUT2D eigenvalue weighted by Crippen LogP contribution is 2.36.